The molecular weight excluding hydrogens is 557 g/mol. The van der Waals surface area contributed by atoms with E-state index < -0.39 is 24.0 Å². The number of rotatable bonds is 8. The minimum Gasteiger partial charge on any atom is -0.465 e. The van der Waals surface area contributed by atoms with E-state index in [4.69, 9.17) is 13.9 Å². The average molecular weight is 587 g/mol. The van der Waals surface area contributed by atoms with Gasteiger partial charge < -0.3 is 18.8 Å². The van der Waals surface area contributed by atoms with E-state index >= 15 is 0 Å². The third kappa shape index (κ3) is 6.15. The number of esters is 1. The normalized spacial score (nSPS) is 17.5. The molecule has 0 spiro atoms. The first-order valence-electron chi connectivity index (χ1n) is 13.2. The number of fused-ring (bicyclic) bond motifs is 1. The number of alkyl halides is 3. The summed E-state index contributed by atoms with van der Waals surface area (Å²) in [5.74, 6) is -2.21. The summed E-state index contributed by atoms with van der Waals surface area (Å²) in [5.41, 5.74) is 3.47. The molecule has 5 rings (SSSR count). The Hall–Kier alpha value is -3.70. The fourth-order valence-corrected chi connectivity index (χ4v) is 6.28. The minimum absolute atomic E-state index is 0.0928. The molecule has 1 amide bonds. The van der Waals surface area contributed by atoms with Crippen molar-refractivity contribution in [1.82, 2.24) is 4.98 Å². The predicted octanol–water partition coefficient (Wildman–Crippen LogP) is 7.36. The van der Waals surface area contributed by atoms with Crippen molar-refractivity contribution in [2.45, 2.75) is 31.9 Å². The van der Waals surface area contributed by atoms with Gasteiger partial charge >= 0.3 is 12.1 Å². The number of methoxy groups -OCH3 is 2. The summed E-state index contributed by atoms with van der Waals surface area (Å²) in [6.07, 6.45) is -2.48. The van der Waals surface area contributed by atoms with E-state index in [1.807, 2.05) is 36.4 Å². The number of halogens is 3. The van der Waals surface area contributed by atoms with Crippen molar-refractivity contribution in [3.8, 4) is 21.8 Å². The fourth-order valence-electron chi connectivity index (χ4n) is 5.19. The summed E-state index contributed by atoms with van der Waals surface area (Å²) < 4.78 is 55.8. The van der Waals surface area contributed by atoms with Crippen LogP contribution in [-0.4, -0.2) is 50.4 Å². The van der Waals surface area contributed by atoms with Crippen LogP contribution in [0.5, 0.6) is 0 Å². The van der Waals surface area contributed by atoms with Gasteiger partial charge in [0.25, 0.3) is 0 Å². The number of nitrogens with zero attached hydrogens (tertiary/aromatic N) is 2. The first-order valence-corrected chi connectivity index (χ1v) is 14.1. The van der Waals surface area contributed by atoms with Crippen LogP contribution < -0.4 is 4.90 Å². The largest absolute Gasteiger partial charge is 0.465 e. The molecule has 1 saturated carbocycles. The maximum atomic E-state index is 13.7. The zero-order valence-corrected chi connectivity index (χ0v) is 23.4. The second kappa shape index (κ2) is 12.0. The number of hydrogen-bond donors (Lipinski definition) is 0. The standard InChI is InChI=1S/C30H29F3N2O5S/c1-38-15-14-35(28(36)20-9-11-21(12-10-20)30(31,32)33)23-17-26(41-27(23)29(37)39-2)19-7-5-18(6-8-19)25-16-22-24(40-25)4-3-13-34-22/h3-8,13,16-17,20-21H,9-12,14-15H2,1-2H3. The molecule has 0 unspecified atom stereocenters. The third-order valence-electron chi connectivity index (χ3n) is 7.44. The second-order valence-corrected chi connectivity index (χ2v) is 11.0. The zero-order chi connectivity index (χ0) is 29.1. The van der Waals surface area contributed by atoms with Gasteiger partial charge in [-0.2, -0.15) is 13.2 Å². The highest BCUT2D eigenvalue weighted by atomic mass is 32.1. The molecule has 0 bridgehead atoms. The molecule has 11 heteroatoms. The van der Waals surface area contributed by atoms with Crippen LogP contribution in [0, 0.1) is 11.8 Å². The Kier molecular flexibility index (Phi) is 8.46. The molecule has 1 fully saturated rings. The van der Waals surface area contributed by atoms with Crippen molar-refractivity contribution in [2.24, 2.45) is 11.8 Å². The van der Waals surface area contributed by atoms with Crippen LogP contribution in [-0.2, 0) is 14.3 Å². The van der Waals surface area contributed by atoms with E-state index in [0.717, 1.165) is 21.5 Å². The van der Waals surface area contributed by atoms with Crippen LogP contribution in [0.1, 0.15) is 35.4 Å². The highest BCUT2D eigenvalue weighted by molar-refractivity contribution is 7.18. The molecule has 0 aliphatic heterocycles. The maximum absolute atomic E-state index is 13.7. The molecule has 0 atom stereocenters. The molecule has 216 valence electrons. The Balaban J connectivity index is 1.43. The van der Waals surface area contributed by atoms with Crippen LogP contribution in [0.4, 0.5) is 18.9 Å². The van der Waals surface area contributed by atoms with Crippen molar-refractivity contribution < 1.29 is 36.7 Å². The fraction of sp³-hybridized carbons (Fsp3) is 0.367. The van der Waals surface area contributed by atoms with Gasteiger partial charge in [-0.1, -0.05) is 24.3 Å². The van der Waals surface area contributed by atoms with E-state index in [9.17, 15) is 22.8 Å². The number of hydrogen-bond acceptors (Lipinski definition) is 7. The molecule has 1 aliphatic rings. The topological polar surface area (TPSA) is 81.9 Å². The monoisotopic (exact) mass is 586 g/mol. The van der Waals surface area contributed by atoms with Crippen LogP contribution in [0.15, 0.2) is 59.1 Å². The molecule has 3 aromatic heterocycles. The lowest BCUT2D eigenvalue weighted by Crippen LogP contribution is -2.41. The first-order chi connectivity index (χ1) is 19.7. The van der Waals surface area contributed by atoms with E-state index in [-0.39, 0.29) is 49.6 Å². The number of aromatic nitrogens is 1. The van der Waals surface area contributed by atoms with E-state index in [1.165, 1.54) is 30.5 Å². The number of anilines is 1. The van der Waals surface area contributed by atoms with Crippen molar-refractivity contribution in [3.63, 3.8) is 0 Å². The lowest BCUT2D eigenvalue weighted by atomic mass is 9.81. The van der Waals surface area contributed by atoms with Crippen molar-refractivity contribution in [3.05, 3.63) is 59.6 Å². The van der Waals surface area contributed by atoms with E-state index in [0.29, 0.717) is 17.0 Å². The highest BCUT2D eigenvalue weighted by Crippen LogP contribution is 2.42. The molecule has 4 aromatic rings. The van der Waals surface area contributed by atoms with Gasteiger partial charge in [0.2, 0.25) is 5.91 Å². The molecule has 1 aromatic carbocycles. The van der Waals surface area contributed by atoms with Gasteiger partial charge in [-0.3, -0.25) is 9.78 Å². The third-order valence-corrected chi connectivity index (χ3v) is 8.59. The van der Waals surface area contributed by atoms with E-state index in [1.54, 1.807) is 18.3 Å². The van der Waals surface area contributed by atoms with Gasteiger partial charge in [0.15, 0.2) is 5.58 Å². The molecule has 3 heterocycles. The van der Waals surface area contributed by atoms with E-state index in [2.05, 4.69) is 4.98 Å². The summed E-state index contributed by atoms with van der Waals surface area (Å²) in [4.78, 5) is 33.2. The Morgan fingerprint density at radius 1 is 1.05 bits per heavy atom. The number of benzene rings is 1. The van der Waals surface area contributed by atoms with Gasteiger partial charge in [0.1, 0.15) is 16.2 Å². The Labute approximate surface area is 238 Å². The lowest BCUT2D eigenvalue weighted by molar-refractivity contribution is -0.184. The SMILES string of the molecule is COCCN(C(=O)C1CCC(C(F)(F)F)CC1)c1cc(-c2ccc(-c3cc4ncccc4o3)cc2)sc1C(=O)OC. The Morgan fingerprint density at radius 2 is 1.76 bits per heavy atom. The van der Waals surface area contributed by atoms with Crippen LogP contribution >= 0.6 is 11.3 Å². The predicted molar refractivity (Wildman–Crippen MR) is 150 cm³/mol. The number of pyridine rings is 1. The summed E-state index contributed by atoms with van der Waals surface area (Å²) >= 11 is 1.19. The lowest BCUT2D eigenvalue weighted by Gasteiger charge is -2.32. The van der Waals surface area contributed by atoms with Crippen LogP contribution in [0.2, 0.25) is 0 Å². The van der Waals surface area contributed by atoms with Gasteiger partial charge in [-0.05, 0) is 49.4 Å². The quantitative estimate of drug-likeness (QED) is 0.201. The average Bonchev–Trinajstić information content (AvgIpc) is 3.62. The van der Waals surface area contributed by atoms with Gasteiger partial charge in [-0.25, -0.2) is 4.79 Å². The second-order valence-electron chi connectivity index (χ2n) is 9.96. The first kappa shape index (κ1) is 28.8. The molecule has 0 radical (unpaired) electrons. The zero-order valence-electron chi connectivity index (χ0n) is 22.6. The number of thiophene rings is 1. The molecule has 0 N–H and O–H groups in total. The molecule has 41 heavy (non-hydrogen) atoms. The Morgan fingerprint density at radius 3 is 2.39 bits per heavy atom. The molecule has 1 aliphatic carbocycles. The van der Waals surface area contributed by atoms with Crippen molar-refractivity contribution in [1.29, 1.82) is 0 Å². The number of carbonyl (C=O) groups is 2. The van der Waals surface area contributed by atoms with Crippen molar-refractivity contribution in [2.75, 3.05) is 32.3 Å². The smallest absolute Gasteiger partial charge is 0.391 e. The van der Waals surface area contributed by atoms with Crippen molar-refractivity contribution >= 4 is 40.0 Å². The molecule has 7 nitrogen and oxygen atoms in total. The van der Waals surface area contributed by atoms with Gasteiger partial charge in [0, 0.05) is 42.3 Å². The van der Waals surface area contributed by atoms with Gasteiger partial charge in [0.05, 0.1) is 25.3 Å². The van der Waals surface area contributed by atoms with Crippen LogP contribution in [0.3, 0.4) is 0 Å². The summed E-state index contributed by atoms with van der Waals surface area (Å²) in [6, 6.07) is 14.9. The maximum Gasteiger partial charge on any atom is 0.391 e. The van der Waals surface area contributed by atoms with Crippen LogP contribution in [0.25, 0.3) is 32.9 Å². The molecule has 0 saturated heterocycles. The van der Waals surface area contributed by atoms with Gasteiger partial charge in [-0.15, -0.1) is 11.3 Å². The summed E-state index contributed by atoms with van der Waals surface area (Å²) in [6.45, 7) is 0.338. The summed E-state index contributed by atoms with van der Waals surface area (Å²) in [7, 11) is 2.76. The number of carbonyl (C=O) groups excluding carboxylic acids is 2. The number of furan rings is 1. The number of amides is 1. The Bertz CT molecular complexity index is 1490. The summed E-state index contributed by atoms with van der Waals surface area (Å²) in [5, 5.41) is 0. The number of ether oxygens (including phenoxy) is 2. The highest BCUT2D eigenvalue weighted by Gasteiger charge is 2.43. The minimum atomic E-state index is -4.26. The molecular formula is C30H29F3N2O5S.